The fraction of sp³-hybridized carbons (Fsp3) is 0.923. The number of piperidine rings is 1. The highest BCUT2D eigenvalue weighted by atomic mass is 16.5. The van der Waals surface area contributed by atoms with Crippen LogP contribution in [0, 0.1) is 0 Å². The molecule has 1 rings (SSSR count). The fourth-order valence-corrected chi connectivity index (χ4v) is 2.57. The molecule has 0 aliphatic carbocycles. The number of carbonyl (C=O) groups excluding carboxylic acids is 1. The van der Waals surface area contributed by atoms with Crippen molar-refractivity contribution in [2.45, 2.75) is 44.8 Å². The van der Waals surface area contributed by atoms with Crippen molar-refractivity contribution in [2.75, 3.05) is 33.3 Å². The van der Waals surface area contributed by atoms with Crippen LogP contribution in [0.25, 0.3) is 0 Å². The predicted molar refractivity (Wildman–Crippen MR) is 72.4 cm³/mol. The van der Waals surface area contributed by atoms with E-state index in [2.05, 4.69) is 17.1 Å². The van der Waals surface area contributed by atoms with Gasteiger partial charge in [0.15, 0.2) is 0 Å². The summed E-state index contributed by atoms with van der Waals surface area (Å²) in [7, 11) is 1.75. The van der Waals surface area contributed by atoms with Crippen molar-refractivity contribution in [1.29, 1.82) is 0 Å². The van der Waals surface area contributed by atoms with Crippen LogP contribution in [0.5, 0.6) is 0 Å². The number of rotatable bonds is 6. The molecule has 18 heavy (non-hydrogen) atoms. The summed E-state index contributed by atoms with van der Waals surface area (Å²) in [6, 6.07) is 0.117. The van der Waals surface area contributed by atoms with E-state index in [-0.39, 0.29) is 17.6 Å². The molecule has 1 fully saturated rings. The standard InChI is InChI=1S/C13H27N3O2/c1-4-15-12(17)8-11(9-14)16-7-5-6-13(2,10-16)18-3/h11H,4-10,14H2,1-3H3,(H,15,17). The highest BCUT2D eigenvalue weighted by Crippen LogP contribution is 2.25. The lowest BCUT2D eigenvalue weighted by atomic mass is 9.93. The Hall–Kier alpha value is -0.650. The van der Waals surface area contributed by atoms with Gasteiger partial charge in [-0.1, -0.05) is 0 Å². The number of nitrogens with zero attached hydrogens (tertiary/aromatic N) is 1. The molecule has 106 valence electrons. The molecule has 1 heterocycles. The zero-order valence-corrected chi connectivity index (χ0v) is 11.9. The Morgan fingerprint density at radius 3 is 2.89 bits per heavy atom. The number of methoxy groups -OCH3 is 1. The minimum Gasteiger partial charge on any atom is -0.377 e. The van der Waals surface area contributed by atoms with Crippen molar-refractivity contribution in [3.05, 3.63) is 0 Å². The molecule has 0 bridgehead atoms. The Balaban J connectivity index is 2.56. The van der Waals surface area contributed by atoms with Crippen LogP contribution in [0.4, 0.5) is 0 Å². The van der Waals surface area contributed by atoms with E-state index in [1.54, 1.807) is 7.11 Å². The Morgan fingerprint density at radius 1 is 1.61 bits per heavy atom. The average Bonchev–Trinajstić information content (AvgIpc) is 2.36. The van der Waals surface area contributed by atoms with Crippen LogP contribution in [0.2, 0.25) is 0 Å². The Kier molecular flexibility index (Phi) is 6.05. The zero-order chi connectivity index (χ0) is 13.6. The van der Waals surface area contributed by atoms with E-state index >= 15 is 0 Å². The highest BCUT2D eigenvalue weighted by Gasteiger charge is 2.34. The van der Waals surface area contributed by atoms with Gasteiger partial charge < -0.3 is 15.8 Å². The number of hydrogen-bond donors (Lipinski definition) is 2. The van der Waals surface area contributed by atoms with Gasteiger partial charge in [-0.3, -0.25) is 9.69 Å². The number of amides is 1. The molecule has 0 spiro atoms. The SMILES string of the molecule is CCNC(=O)CC(CN)N1CCCC(C)(OC)C1. The van der Waals surface area contributed by atoms with Crippen LogP contribution < -0.4 is 11.1 Å². The molecule has 2 atom stereocenters. The molecule has 5 heteroatoms. The van der Waals surface area contributed by atoms with Gasteiger partial charge in [-0.2, -0.15) is 0 Å². The van der Waals surface area contributed by atoms with Gasteiger partial charge in [0.05, 0.1) is 5.60 Å². The first kappa shape index (κ1) is 15.4. The molecule has 1 aliphatic heterocycles. The molecule has 0 aromatic heterocycles. The summed E-state index contributed by atoms with van der Waals surface area (Å²) >= 11 is 0. The molecule has 1 amide bonds. The predicted octanol–water partition coefficient (Wildman–Crippen LogP) is 0.341. The Bertz CT molecular complexity index is 273. The van der Waals surface area contributed by atoms with Crippen LogP contribution in [-0.2, 0) is 9.53 Å². The third-order valence-corrected chi connectivity index (χ3v) is 3.76. The monoisotopic (exact) mass is 257 g/mol. The van der Waals surface area contributed by atoms with E-state index in [0.717, 1.165) is 25.9 Å². The average molecular weight is 257 g/mol. The van der Waals surface area contributed by atoms with Crippen LogP contribution in [0.1, 0.15) is 33.1 Å². The fourth-order valence-electron chi connectivity index (χ4n) is 2.57. The van der Waals surface area contributed by atoms with Gasteiger partial charge in [-0.15, -0.1) is 0 Å². The van der Waals surface area contributed by atoms with Crippen LogP contribution in [-0.4, -0.2) is 55.7 Å². The maximum atomic E-state index is 11.7. The Morgan fingerprint density at radius 2 is 2.33 bits per heavy atom. The second kappa shape index (κ2) is 7.07. The largest absolute Gasteiger partial charge is 0.377 e. The first-order valence-corrected chi connectivity index (χ1v) is 6.80. The van der Waals surface area contributed by atoms with Crippen molar-refractivity contribution < 1.29 is 9.53 Å². The van der Waals surface area contributed by atoms with Gasteiger partial charge >= 0.3 is 0 Å². The lowest BCUT2D eigenvalue weighted by Crippen LogP contribution is -2.54. The third kappa shape index (κ3) is 4.23. The maximum absolute atomic E-state index is 11.7. The van der Waals surface area contributed by atoms with E-state index in [1.807, 2.05) is 6.92 Å². The van der Waals surface area contributed by atoms with Crippen LogP contribution in [0.3, 0.4) is 0 Å². The molecule has 1 saturated heterocycles. The molecule has 0 radical (unpaired) electrons. The second-order valence-corrected chi connectivity index (χ2v) is 5.28. The number of ether oxygens (including phenoxy) is 1. The zero-order valence-electron chi connectivity index (χ0n) is 11.9. The molecule has 5 nitrogen and oxygen atoms in total. The van der Waals surface area contributed by atoms with Crippen molar-refractivity contribution in [2.24, 2.45) is 5.73 Å². The van der Waals surface area contributed by atoms with Crippen molar-refractivity contribution >= 4 is 5.91 Å². The first-order chi connectivity index (χ1) is 8.54. The smallest absolute Gasteiger partial charge is 0.221 e. The van der Waals surface area contributed by atoms with Gasteiger partial charge in [0.2, 0.25) is 5.91 Å². The van der Waals surface area contributed by atoms with E-state index in [1.165, 1.54) is 0 Å². The van der Waals surface area contributed by atoms with Gasteiger partial charge in [0, 0.05) is 39.2 Å². The third-order valence-electron chi connectivity index (χ3n) is 3.76. The molecule has 0 saturated carbocycles. The summed E-state index contributed by atoms with van der Waals surface area (Å²) in [4.78, 5) is 14.0. The lowest BCUT2D eigenvalue weighted by Gasteiger charge is -2.42. The number of hydrogen-bond acceptors (Lipinski definition) is 4. The molecule has 3 N–H and O–H groups in total. The van der Waals surface area contributed by atoms with E-state index in [4.69, 9.17) is 10.5 Å². The normalized spacial score (nSPS) is 26.9. The summed E-state index contributed by atoms with van der Waals surface area (Å²) in [5.74, 6) is 0.0812. The summed E-state index contributed by atoms with van der Waals surface area (Å²) in [5, 5.41) is 2.83. The molecule has 0 aromatic carbocycles. The van der Waals surface area contributed by atoms with Gasteiger partial charge in [0.25, 0.3) is 0 Å². The van der Waals surface area contributed by atoms with Gasteiger partial charge in [0.1, 0.15) is 0 Å². The molecular formula is C13H27N3O2. The summed E-state index contributed by atoms with van der Waals surface area (Å²) < 4.78 is 5.57. The van der Waals surface area contributed by atoms with Gasteiger partial charge in [-0.25, -0.2) is 0 Å². The minimum atomic E-state index is -0.104. The lowest BCUT2D eigenvalue weighted by molar-refractivity contribution is -0.123. The summed E-state index contributed by atoms with van der Waals surface area (Å²) in [6.07, 6.45) is 2.64. The summed E-state index contributed by atoms with van der Waals surface area (Å²) in [5.41, 5.74) is 5.71. The van der Waals surface area contributed by atoms with E-state index in [0.29, 0.717) is 19.5 Å². The van der Waals surface area contributed by atoms with Crippen LogP contribution >= 0.6 is 0 Å². The first-order valence-electron chi connectivity index (χ1n) is 6.80. The quantitative estimate of drug-likeness (QED) is 0.720. The molecular weight excluding hydrogens is 230 g/mol. The van der Waals surface area contributed by atoms with E-state index < -0.39 is 0 Å². The molecule has 2 unspecified atom stereocenters. The number of nitrogens with two attached hydrogens (primary N) is 1. The number of carbonyl (C=O) groups is 1. The van der Waals surface area contributed by atoms with Gasteiger partial charge in [-0.05, 0) is 33.2 Å². The number of nitrogens with one attached hydrogen (secondary N) is 1. The second-order valence-electron chi connectivity index (χ2n) is 5.28. The van der Waals surface area contributed by atoms with Crippen molar-refractivity contribution in [3.8, 4) is 0 Å². The minimum absolute atomic E-state index is 0.0812. The number of likely N-dealkylation sites (tertiary alicyclic amines) is 1. The van der Waals surface area contributed by atoms with Crippen molar-refractivity contribution in [3.63, 3.8) is 0 Å². The van der Waals surface area contributed by atoms with E-state index in [9.17, 15) is 4.79 Å². The highest BCUT2D eigenvalue weighted by molar-refractivity contribution is 5.76. The molecule has 1 aliphatic rings. The van der Waals surface area contributed by atoms with Crippen LogP contribution in [0.15, 0.2) is 0 Å². The topological polar surface area (TPSA) is 67.6 Å². The van der Waals surface area contributed by atoms with Crippen molar-refractivity contribution in [1.82, 2.24) is 10.2 Å². The Labute approximate surface area is 110 Å². The molecule has 0 aromatic rings. The summed E-state index contributed by atoms with van der Waals surface area (Å²) in [6.45, 7) is 7.09. The maximum Gasteiger partial charge on any atom is 0.221 e.